The summed E-state index contributed by atoms with van der Waals surface area (Å²) in [5, 5.41) is 3.05. The van der Waals surface area contributed by atoms with Crippen molar-refractivity contribution in [2.45, 2.75) is 39.5 Å². The van der Waals surface area contributed by atoms with Gasteiger partial charge in [-0.2, -0.15) is 0 Å². The minimum absolute atomic E-state index is 0.141. The highest BCUT2D eigenvalue weighted by Crippen LogP contribution is 2.23. The number of carbonyl (C=O) groups excluding carboxylic acids is 1. The van der Waals surface area contributed by atoms with E-state index in [2.05, 4.69) is 31.1 Å². The molecule has 1 atom stereocenters. The number of hydrogen-bond donors (Lipinski definition) is 1. The van der Waals surface area contributed by atoms with Crippen molar-refractivity contribution in [3.8, 4) is 0 Å². The molecule has 0 saturated carbocycles. The lowest BCUT2D eigenvalue weighted by Crippen LogP contribution is -2.29. The molecule has 2 rings (SSSR count). The zero-order valence-electron chi connectivity index (χ0n) is 12.9. The van der Waals surface area contributed by atoms with Crippen LogP contribution in [0, 0.1) is 5.92 Å². The number of amides is 1. The lowest BCUT2D eigenvalue weighted by molar-refractivity contribution is 0.0786. The summed E-state index contributed by atoms with van der Waals surface area (Å²) in [5.41, 5.74) is 1.72. The number of carbonyl (C=O) groups is 1. The molecule has 1 fully saturated rings. The number of nitrogens with zero attached hydrogens (tertiary/aromatic N) is 2. The van der Waals surface area contributed by atoms with Crippen LogP contribution in [0.5, 0.6) is 0 Å². The smallest absolute Gasteiger partial charge is 0.254 e. The lowest BCUT2D eigenvalue weighted by Gasteiger charge is -2.18. The number of anilines is 1. The summed E-state index contributed by atoms with van der Waals surface area (Å²) in [6.45, 7) is 8.16. The van der Waals surface area contributed by atoms with E-state index in [0.717, 1.165) is 43.0 Å². The lowest BCUT2D eigenvalue weighted by atomic mass is 10.1. The largest absolute Gasteiger partial charge is 0.373 e. The van der Waals surface area contributed by atoms with E-state index in [4.69, 9.17) is 0 Å². The molecule has 1 aliphatic rings. The van der Waals surface area contributed by atoms with Gasteiger partial charge in [-0.05, 0) is 30.4 Å². The number of likely N-dealkylation sites (tertiary alicyclic amines) is 1. The third-order valence-electron chi connectivity index (χ3n) is 4.09. The summed E-state index contributed by atoms with van der Waals surface area (Å²) < 4.78 is 0. The number of nitrogens with one attached hydrogen (secondary N) is 1. The Kier molecular flexibility index (Phi) is 4.63. The highest BCUT2D eigenvalue weighted by atomic mass is 16.2. The number of rotatable bonds is 4. The Morgan fingerprint density at radius 3 is 2.80 bits per heavy atom. The Morgan fingerprint density at radius 2 is 2.25 bits per heavy atom. The third kappa shape index (κ3) is 3.11. The molecule has 0 bridgehead atoms. The minimum atomic E-state index is 0.141. The van der Waals surface area contributed by atoms with Crippen LogP contribution in [0.2, 0.25) is 0 Å². The van der Waals surface area contributed by atoms with Crippen LogP contribution in [0.4, 0.5) is 5.82 Å². The van der Waals surface area contributed by atoms with Crippen molar-refractivity contribution in [2.75, 3.05) is 25.5 Å². The van der Waals surface area contributed by atoms with Crippen LogP contribution in [-0.4, -0.2) is 35.9 Å². The van der Waals surface area contributed by atoms with Gasteiger partial charge in [0.1, 0.15) is 5.82 Å². The molecule has 1 amide bonds. The highest BCUT2D eigenvalue weighted by molar-refractivity contribution is 5.95. The predicted molar refractivity (Wildman–Crippen MR) is 82.2 cm³/mol. The van der Waals surface area contributed by atoms with Crippen LogP contribution < -0.4 is 5.32 Å². The van der Waals surface area contributed by atoms with Gasteiger partial charge in [-0.15, -0.1) is 0 Å². The predicted octanol–water partition coefficient (Wildman–Crippen LogP) is 3.12. The average Bonchev–Trinajstić information content (AvgIpc) is 2.94. The van der Waals surface area contributed by atoms with Crippen molar-refractivity contribution in [3.63, 3.8) is 0 Å². The first-order chi connectivity index (χ1) is 9.55. The molecular weight excluding hydrogens is 250 g/mol. The van der Waals surface area contributed by atoms with Gasteiger partial charge in [0.05, 0.1) is 0 Å². The molecule has 0 aliphatic carbocycles. The number of aromatic nitrogens is 1. The molecule has 4 nitrogen and oxygen atoms in total. The molecule has 0 radical (unpaired) electrons. The van der Waals surface area contributed by atoms with Crippen LogP contribution in [0.15, 0.2) is 12.1 Å². The van der Waals surface area contributed by atoms with Crippen molar-refractivity contribution in [1.82, 2.24) is 9.88 Å². The molecule has 1 unspecified atom stereocenters. The second-order valence-corrected chi connectivity index (χ2v) is 5.88. The zero-order chi connectivity index (χ0) is 14.7. The molecule has 0 spiro atoms. The van der Waals surface area contributed by atoms with Crippen molar-refractivity contribution in [2.24, 2.45) is 5.92 Å². The monoisotopic (exact) mass is 275 g/mol. The summed E-state index contributed by atoms with van der Waals surface area (Å²) in [6, 6.07) is 3.79. The molecule has 0 aromatic carbocycles. The standard InChI is InChI=1S/C16H25N3O/c1-5-12-6-7-19(10-12)16(20)13-8-14(11(2)3)18-15(9-13)17-4/h8-9,11-12H,5-7,10H2,1-4H3,(H,17,18). The molecule has 1 aromatic rings. The Bertz CT molecular complexity index is 485. The molecule has 20 heavy (non-hydrogen) atoms. The van der Waals surface area contributed by atoms with Crippen LogP contribution in [0.25, 0.3) is 0 Å². The fourth-order valence-electron chi connectivity index (χ4n) is 2.63. The van der Waals surface area contributed by atoms with Gasteiger partial charge in [0.2, 0.25) is 0 Å². The number of hydrogen-bond acceptors (Lipinski definition) is 3. The Morgan fingerprint density at radius 1 is 1.50 bits per heavy atom. The minimum Gasteiger partial charge on any atom is -0.373 e. The van der Waals surface area contributed by atoms with E-state index in [1.165, 1.54) is 0 Å². The van der Waals surface area contributed by atoms with E-state index in [1.807, 2.05) is 24.1 Å². The van der Waals surface area contributed by atoms with Gasteiger partial charge in [-0.3, -0.25) is 4.79 Å². The van der Waals surface area contributed by atoms with Crippen molar-refractivity contribution >= 4 is 11.7 Å². The van der Waals surface area contributed by atoms with Crippen LogP contribution >= 0.6 is 0 Å². The van der Waals surface area contributed by atoms with E-state index in [9.17, 15) is 4.79 Å². The molecular formula is C16H25N3O. The van der Waals surface area contributed by atoms with Crippen LogP contribution in [-0.2, 0) is 0 Å². The van der Waals surface area contributed by atoms with Crippen molar-refractivity contribution in [1.29, 1.82) is 0 Å². The van der Waals surface area contributed by atoms with Gasteiger partial charge >= 0.3 is 0 Å². The first kappa shape index (κ1) is 14.8. The summed E-state index contributed by atoms with van der Waals surface area (Å²) >= 11 is 0. The van der Waals surface area contributed by atoms with E-state index >= 15 is 0 Å². The van der Waals surface area contributed by atoms with E-state index < -0.39 is 0 Å². The Labute approximate surface area is 121 Å². The second kappa shape index (κ2) is 6.25. The average molecular weight is 275 g/mol. The first-order valence-electron chi connectivity index (χ1n) is 7.54. The maximum Gasteiger partial charge on any atom is 0.254 e. The fraction of sp³-hybridized carbons (Fsp3) is 0.625. The zero-order valence-corrected chi connectivity index (χ0v) is 12.9. The van der Waals surface area contributed by atoms with Gasteiger partial charge in [0.25, 0.3) is 5.91 Å². The van der Waals surface area contributed by atoms with Gasteiger partial charge in [-0.1, -0.05) is 27.2 Å². The topological polar surface area (TPSA) is 45.2 Å². The summed E-state index contributed by atoms with van der Waals surface area (Å²) in [6.07, 6.45) is 2.28. The molecule has 1 aliphatic heterocycles. The fourth-order valence-corrected chi connectivity index (χ4v) is 2.63. The molecule has 4 heteroatoms. The molecule has 2 heterocycles. The van der Waals surface area contributed by atoms with E-state index in [0.29, 0.717) is 11.8 Å². The second-order valence-electron chi connectivity index (χ2n) is 5.88. The van der Waals surface area contributed by atoms with Gasteiger partial charge in [0.15, 0.2) is 0 Å². The molecule has 110 valence electrons. The summed E-state index contributed by atoms with van der Waals surface area (Å²) in [7, 11) is 1.84. The van der Waals surface area contributed by atoms with E-state index in [-0.39, 0.29) is 5.91 Å². The normalized spacial score (nSPS) is 18.6. The quantitative estimate of drug-likeness (QED) is 0.918. The first-order valence-corrected chi connectivity index (χ1v) is 7.54. The Balaban J connectivity index is 2.23. The van der Waals surface area contributed by atoms with Gasteiger partial charge in [-0.25, -0.2) is 4.98 Å². The summed E-state index contributed by atoms with van der Waals surface area (Å²) in [4.78, 5) is 19.1. The molecule has 1 aromatic heterocycles. The maximum absolute atomic E-state index is 12.6. The van der Waals surface area contributed by atoms with Gasteiger partial charge < -0.3 is 10.2 Å². The SMILES string of the molecule is CCC1CCN(C(=O)c2cc(NC)nc(C(C)C)c2)C1. The van der Waals surface area contributed by atoms with E-state index in [1.54, 1.807) is 0 Å². The molecule has 1 N–H and O–H groups in total. The molecule has 1 saturated heterocycles. The van der Waals surface area contributed by atoms with Crippen LogP contribution in [0.1, 0.15) is 55.6 Å². The third-order valence-corrected chi connectivity index (χ3v) is 4.09. The summed E-state index contributed by atoms with van der Waals surface area (Å²) in [5.74, 6) is 1.89. The Hall–Kier alpha value is -1.58. The maximum atomic E-state index is 12.6. The van der Waals surface area contributed by atoms with Crippen molar-refractivity contribution < 1.29 is 4.79 Å². The van der Waals surface area contributed by atoms with Gasteiger partial charge in [0, 0.05) is 31.4 Å². The highest BCUT2D eigenvalue weighted by Gasteiger charge is 2.26. The number of pyridine rings is 1. The van der Waals surface area contributed by atoms with Crippen LogP contribution in [0.3, 0.4) is 0 Å². The van der Waals surface area contributed by atoms with Crippen molar-refractivity contribution in [3.05, 3.63) is 23.4 Å².